The highest BCUT2D eigenvalue weighted by Crippen LogP contribution is 2.22. The summed E-state index contributed by atoms with van der Waals surface area (Å²) in [7, 11) is 0. The molecule has 1 aromatic rings. The predicted octanol–water partition coefficient (Wildman–Crippen LogP) is 3.15. The van der Waals surface area contributed by atoms with Crippen molar-refractivity contribution in [2.45, 2.75) is 26.4 Å². The molecule has 2 nitrogen and oxygen atoms in total. The Balaban J connectivity index is 1.97. The Hall–Kier alpha value is -0.580. The molecule has 4 heteroatoms. The van der Waals surface area contributed by atoms with Gasteiger partial charge in [0, 0.05) is 12.6 Å². The molecule has 0 N–H and O–H groups in total. The molecular formula is C13H18N2S2. The topological polar surface area (TPSA) is 6.48 Å². The third-order valence-corrected chi connectivity index (χ3v) is 4.39. The lowest BCUT2D eigenvalue weighted by atomic mass is 10.2. The van der Waals surface area contributed by atoms with Crippen molar-refractivity contribution >= 4 is 28.3 Å². The second kappa shape index (κ2) is 5.85. The molecule has 1 fully saturated rings. The molecule has 0 spiro atoms. The van der Waals surface area contributed by atoms with Crippen LogP contribution in [0.5, 0.6) is 0 Å². The molecule has 1 saturated heterocycles. The van der Waals surface area contributed by atoms with E-state index in [-0.39, 0.29) is 0 Å². The first-order valence-corrected chi connectivity index (χ1v) is 7.26. The highest BCUT2D eigenvalue weighted by molar-refractivity contribution is 8.22. The first-order valence-electron chi connectivity index (χ1n) is 5.86. The van der Waals surface area contributed by atoms with Gasteiger partial charge in [-0.2, -0.15) is 0 Å². The zero-order valence-electron chi connectivity index (χ0n) is 10.3. The average Bonchev–Trinajstić information content (AvgIpc) is 2.32. The SMILES string of the molecule is CC(C)N1CN(Cc2ccccc2)CSC1=S. The van der Waals surface area contributed by atoms with Crippen molar-refractivity contribution < 1.29 is 0 Å². The summed E-state index contributed by atoms with van der Waals surface area (Å²) >= 11 is 7.15. The summed E-state index contributed by atoms with van der Waals surface area (Å²) in [5.74, 6) is 0.997. The molecule has 0 unspecified atom stereocenters. The monoisotopic (exact) mass is 266 g/mol. The van der Waals surface area contributed by atoms with Gasteiger partial charge in [-0.05, 0) is 19.4 Å². The number of hydrogen-bond donors (Lipinski definition) is 0. The Morgan fingerprint density at radius 3 is 2.65 bits per heavy atom. The standard InChI is InChI=1S/C13H18N2S2/c1-11(2)15-9-14(10-17-13(15)16)8-12-6-4-3-5-7-12/h3-7,11H,8-10H2,1-2H3. The Labute approximate surface area is 113 Å². The number of benzene rings is 1. The van der Waals surface area contributed by atoms with Crippen LogP contribution in [0.3, 0.4) is 0 Å². The van der Waals surface area contributed by atoms with Crippen molar-refractivity contribution in [3.63, 3.8) is 0 Å². The molecule has 1 aliphatic heterocycles. The summed E-state index contributed by atoms with van der Waals surface area (Å²) < 4.78 is 1.03. The van der Waals surface area contributed by atoms with Crippen LogP contribution in [0.25, 0.3) is 0 Å². The maximum absolute atomic E-state index is 5.38. The van der Waals surface area contributed by atoms with Gasteiger partial charge in [0.1, 0.15) is 4.32 Å². The normalized spacial score (nSPS) is 17.8. The maximum atomic E-state index is 5.38. The van der Waals surface area contributed by atoms with Crippen LogP contribution in [-0.4, -0.2) is 32.7 Å². The van der Waals surface area contributed by atoms with Gasteiger partial charge in [0.05, 0.1) is 12.5 Å². The summed E-state index contributed by atoms with van der Waals surface area (Å²) in [4.78, 5) is 4.71. The molecule has 0 amide bonds. The smallest absolute Gasteiger partial charge is 0.138 e. The van der Waals surface area contributed by atoms with Crippen LogP contribution in [-0.2, 0) is 6.54 Å². The fraction of sp³-hybridized carbons (Fsp3) is 0.462. The molecule has 2 rings (SSSR count). The van der Waals surface area contributed by atoms with Gasteiger partial charge in [-0.15, -0.1) is 0 Å². The number of thioether (sulfide) groups is 1. The fourth-order valence-electron chi connectivity index (χ4n) is 1.85. The van der Waals surface area contributed by atoms with E-state index in [4.69, 9.17) is 12.2 Å². The van der Waals surface area contributed by atoms with Gasteiger partial charge < -0.3 is 4.90 Å². The zero-order chi connectivity index (χ0) is 12.3. The lowest BCUT2D eigenvalue weighted by molar-refractivity contribution is 0.182. The van der Waals surface area contributed by atoms with Crippen molar-refractivity contribution in [3.8, 4) is 0 Å². The molecule has 1 aromatic carbocycles. The molecule has 17 heavy (non-hydrogen) atoms. The Kier molecular flexibility index (Phi) is 4.42. The fourth-order valence-corrected chi connectivity index (χ4v) is 3.18. The second-order valence-electron chi connectivity index (χ2n) is 4.56. The molecule has 0 bridgehead atoms. The van der Waals surface area contributed by atoms with Gasteiger partial charge in [-0.3, -0.25) is 4.90 Å². The van der Waals surface area contributed by atoms with Crippen LogP contribution in [0.2, 0.25) is 0 Å². The molecule has 1 heterocycles. The summed E-state index contributed by atoms with van der Waals surface area (Å²) in [6.07, 6.45) is 0. The first-order chi connectivity index (χ1) is 8.16. The van der Waals surface area contributed by atoms with Gasteiger partial charge in [0.2, 0.25) is 0 Å². The van der Waals surface area contributed by atoms with E-state index in [1.165, 1.54) is 5.56 Å². The van der Waals surface area contributed by atoms with Gasteiger partial charge in [-0.25, -0.2) is 0 Å². The van der Waals surface area contributed by atoms with Crippen LogP contribution in [0.4, 0.5) is 0 Å². The summed E-state index contributed by atoms with van der Waals surface area (Å²) in [5, 5.41) is 0. The van der Waals surface area contributed by atoms with Gasteiger partial charge in [0.15, 0.2) is 0 Å². The van der Waals surface area contributed by atoms with E-state index in [1.807, 2.05) is 0 Å². The highest BCUT2D eigenvalue weighted by Gasteiger charge is 2.23. The Bertz CT molecular complexity index is 378. The van der Waals surface area contributed by atoms with Crippen LogP contribution >= 0.6 is 24.0 Å². The molecule has 0 saturated carbocycles. The number of rotatable bonds is 3. The van der Waals surface area contributed by atoms with Gasteiger partial charge in [0.25, 0.3) is 0 Å². The highest BCUT2D eigenvalue weighted by atomic mass is 32.2. The van der Waals surface area contributed by atoms with Gasteiger partial charge in [-0.1, -0.05) is 54.3 Å². The molecule has 1 aliphatic rings. The molecule has 0 aliphatic carbocycles. The minimum absolute atomic E-state index is 0.480. The molecule has 0 radical (unpaired) electrons. The number of thiocarbonyl (C=S) groups is 1. The third kappa shape index (κ3) is 3.44. The lowest BCUT2D eigenvalue weighted by Gasteiger charge is -2.39. The van der Waals surface area contributed by atoms with Crippen molar-refractivity contribution in [1.29, 1.82) is 0 Å². The van der Waals surface area contributed by atoms with E-state index in [9.17, 15) is 0 Å². The number of hydrogen-bond acceptors (Lipinski definition) is 3. The average molecular weight is 266 g/mol. The van der Waals surface area contributed by atoms with E-state index in [1.54, 1.807) is 11.8 Å². The van der Waals surface area contributed by atoms with Crippen LogP contribution in [0, 0.1) is 0 Å². The van der Waals surface area contributed by atoms with Gasteiger partial charge >= 0.3 is 0 Å². The lowest BCUT2D eigenvalue weighted by Crippen LogP contribution is -2.47. The van der Waals surface area contributed by atoms with Crippen LogP contribution < -0.4 is 0 Å². The molecule has 92 valence electrons. The van der Waals surface area contributed by atoms with Crippen molar-refractivity contribution in [1.82, 2.24) is 9.80 Å². The number of nitrogens with zero attached hydrogens (tertiary/aromatic N) is 2. The Morgan fingerprint density at radius 2 is 2.00 bits per heavy atom. The summed E-state index contributed by atoms with van der Waals surface area (Å²) in [5.41, 5.74) is 1.37. The zero-order valence-corrected chi connectivity index (χ0v) is 11.9. The molecular weight excluding hydrogens is 248 g/mol. The maximum Gasteiger partial charge on any atom is 0.138 e. The third-order valence-electron chi connectivity index (χ3n) is 2.83. The summed E-state index contributed by atoms with van der Waals surface area (Å²) in [6, 6.07) is 11.1. The van der Waals surface area contributed by atoms with E-state index >= 15 is 0 Å². The molecule has 0 atom stereocenters. The molecule has 0 aromatic heterocycles. The second-order valence-corrected chi connectivity index (χ2v) is 6.14. The van der Waals surface area contributed by atoms with Crippen molar-refractivity contribution in [2.75, 3.05) is 12.5 Å². The Morgan fingerprint density at radius 1 is 1.29 bits per heavy atom. The minimum Gasteiger partial charge on any atom is -0.342 e. The van der Waals surface area contributed by atoms with E-state index < -0.39 is 0 Å². The van der Waals surface area contributed by atoms with E-state index in [0.717, 1.165) is 23.4 Å². The van der Waals surface area contributed by atoms with Crippen molar-refractivity contribution in [3.05, 3.63) is 35.9 Å². The first kappa shape index (κ1) is 12.9. The van der Waals surface area contributed by atoms with Crippen LogP contribution in [0.1, 0.15) is 19.4 Å². The minimum atomic E-state index is 0.480. The van der Waals surface area contributed by atoms with Crippen LogP contribution in [0.15, 0.2) is 30.3 Å². The van der Waals surface area contributed by atoms with E-state index in [2.05, 4.69) is 54.0 Å². The van der Waals surface area contributed by atoms with E-state index in [0.29, 0.717) is 6.04 Å². The van der Waals surface area contributed by atoms with Crippen molar-refractivity contribution in [2.24, 2.45) is 0 Å². The summed E-state index contributed by atoms with van der Waals surface area (Å²) in [6.45, 7) is 6.33. The predicted molar refractivity (Wildman–Crippen MR) is 78.9 cm³/mol. The quantitative estimate of drug-likeness (QED) is 0.775. The largest absolute Gasteiger partial charge is 0.342 e.